The van der Waals surface area contributed by atoms with Crippen molar-refractivity contribution in [3.8, 4) is 0 Å². The normalized spacial score (nSPS) is 19.5. The second kappa shape index (κ2) is 3.61. The first-order valence-corrected chi connectivity index (χ1v) is 4.53. The Morgan fingerprint density at radius 3 is 2.87 bits per heavy atom. The standard InChI is InChI=1S/C10H10N2O3/c13-9-8(10(14)15)12-7-4-2-1-3-6(7)5-11-9/h1-4,8,12H,5H2,(H,11,13)(H,14,15). The summed E-state index contributed by atoms with van der Waals surface area (Å²) < 4.78 is 0. The Morgan fingerprint density at radius 2 is 2.13 bits per heavy atom. The lowest BCUT2D eigenvalue weighted by Gasteiger charge is -2.11. The second-order valence-corrected chi connectivity index (χ2v) is 3.29. The molecule has 5 nitrogen and oxygen atoms in total. The van der Waals surface area contributed by atoms with Crippen molar-refractivity contribution in [2.24, 2.45) is 0 Å². The number of benzene rings is 1. The molecule has 0 aliphatic carbocycles. The topological polar surface area (TPSA) is 78.4 Å². The van der Waals surface area contributed by atoms with Crippen molar-refractivity contribution in [1.29, 1.82) is 0 Å². The molecule has 0 radical (unpaired) electrons. The zero-order chi connectivity index (χ0) is 10.8. The third-order valence-electron chi connectivity index (χ3n) is 2.28. The van der Waals surface area contributed by atoms with Gasteiger partial charge in [0.1, 0.15) is 0 Å². The highest BCUT2D eigenvalue weighted by Gasteiger charge is 2.28. The van der Waals surface area contributed by atoms with E-state index in [0.717, 1.165) is 5.56 Å². The molecule has 1 heterocycles. The molecule has 15 heavy (non-hydrogen) atoms. The van der Waals surface area contributed by atoms with Crippen molar-refractivity contribution in [3.05, 3.63) is 29.8 Å². The number of aliphatic carboxylic acids is 1. The number of anilines is 1. The average Bonchev–Trinajstić information content (AvgIpc) is 2.39. The van der Waals surface area contributed by atoms with Crippen molar-refractivity contribution < 1.29 is 14.7 Å². The molecule has 3 N–H and O–H groups in total. The predicted molar refractivity (Wildman–Crippen MR) is 53.3 cm³/mol. The fourth-order valence-electron chi connectivity index (χ4n) is 1.49. The summed E-state index contributed by atoms with van der Waals surface area (Å²) in [4.78, 5) is 22.2. The maximum absolute atomic E-state index is 11.4. The van der Waals surface area contributed by atoms with Crippen LogP contribution >= 0.6 is 0 Å². The van der Waals surface area contributed by atoms with Crippen molar-refractivity contribution in [3.63, 3.8) is 0 Å². The molecule has 78 valence electrons. The van der Waals surface area contributed by atoms with E-state index < -0.39 is 17.9 Å². The van der Waals surface area contributed by atoms with E-state index in [2.05, 4.69) is 10.6 Å². The van der Waals surface area contributed by atoms with Crippen LogP contribution in [0.1, 0.15) is 5.56 Å². The summed E-state index contributed by atoms with van der Waals surface area (Å²) in [6.07, 6.45) is 0. The Bertz CT molecular complexity index is 417. The van der Waals surface area contributed by atoms with Gasteiger partial charge in [0.15, 0.2) is 0 Å². The monoisotopic (exact) mass is 206 g/mol. The summed E-state index contributed by atoms with van der Waals surface area (Å²) in [5.41, 5.74) is 1.57. The molecule has 1 aliphatic heterocycles. The molecule has 0 saturated carbocycles. The second-order valence-electron chi connectivity index (χ2n) is 3.29. The first-order valence-electron chi connectivity index (χ1n) is 4.53. The quantitative estimate of drug-likeness (QED) is 0.573. The van der Waals surface area contributed by atoms with Crippen LogP contribution in [0.3, 0.4) is 0 Å². The van der Waals surface area contributed by atoms with E-state index in [4.69, 9.17) is 5.11 Å². The minimum Gasteiger partial charge on any atom is -0.479 e. The van der Waals surface area contributed by atoms with Gasteiger partial charge in [-0.2, -0.15) is 0 Å². The van der Waals surface area contributed by atoms with Gasteiger partial charge in [-0.05, 0) is 11.6 Å². The number of hydrogen-bond donors (Lipinski definition) is 3. The molecule has 1 aromatic carbocycles. The Balaban J connectivity index is 2.35. The van der Waals surface area contributed by atoms with Crippen LogP contribution in [0.15, 0.2) is 24.3 Å². The minimum absolute atomic E-state index is 0.353. The van der Waals surface area contributed by atoms with E-state index in [1.165, 1.54) is 0 Å². The number of nitrogens with one attached hydrogen (secondary N) is 2. The SMILES string of the molecule is O=C(O)C1Nc2ccccc2CNC1=O. The molecule has 1 amide bonds. The molecule has 1 unspecified atom stereocenters. The molecule has 0 bridgehead atoms. The van der Waals surface area contributed by atoms with Crippen molar-refractivity contribution in [2.45, 2.75) is 12.6 Å². The van der Waals surface area contributed by atoms with Gasteiger partial charge in [0.25, 0.3) is 5.91 Å². The lowest BCUT2D eigenvalue weighted by Crippen LogP contribution is -2.42. The van der Waals surface area contributed by atoms with E-state index in [0.29, 0.717) is 12.2 Å². The largest absolute Gasteiger partial charge is 0.479 e. The molecule has 0 saturated heterocycles. The molecule has 0 spiro atoms. The molecule has 1 atom stereocenters. The summed E-state index contributed by atoms with van der Waals surface area (Å²) >= 11 is 0. The van der Waals surface area contributed by atoms with Gasteiger partial charge in [0.2, 0.25) is 6.04 Å². The van der Waals surface area contributed by atoms with Gasteiger partial charge in [-0.25, -0.2) is 4.79 Å². The summed E-state index contributed by atoms with van der Waals surface area (Å²) in [5, 5.41) is 14.1. The van der Waals surface area contributed by atoms with Crippen LogP contribution in [0.5, 0.6) is 0 Å². The Kier molecular flexibility index (Phi) is 2.29. The highest BCUT2D eigenvalue weighted by atomic mass is 16.4. The fourth-order valence-corrected chi connectivity index (χ4v) is 1.49. The predicted octanol–water partition coefficient (Wildman–Crippen LogP) is 0.181. The zero-order valence-electron chi connectivity index (χ0n) is 7.86. The first-order chi connectivity index (χ1) is 7.18. The molecular formula is C10H10N2O3. The summed E-state index contributed by atoms with van der Waals surface area (Å²) in [5.74, 6) is -1.69. The van der Waals surface area contributed by atoms with Crippen molar-refractivity contribution in [1.82, 2.24) is 5.32 Å². The van der Waals surface area contributed by atoms with Gasteiger partial charge in [-0.15, -0.1) is 0 Å². The van der Waals surface area contributed by atoms with E-state index >= 15 is 0 Å². The zero-order valence-corrected chi connectivity index (χ0v) is 7.86. The summed E-state index contributed by atoms with van der Waals surface area (Å²) in [6, 6.07) is 6.01. The van der Waals surface area contributed by atoms with Gasteiger partial charge in [-0.3, -0.25) is 4.79 Å². The molecule has 5 heteroatoms. The van der Waals surface area contributed by atoms with Gasteiger partial charge in [0.05, 0.1) is 0 Å². The number of rotatable bonds is 1. The summed E-state index contributed by atoms with van der Waals surface area (Å²) in [7, 11) is 0. The first kappa shape index (κ1) is 9.51. The molecule has 0 aromatic heterocycles. The van der Waals surface area contributed by atoms with Crippen LogP contribution < -0.4 is 10.6 Å². The smallest absolute Gasteiger partial charge is 0.336 e. The number of carboxylic acid groups (broad SMARTS) is 1. The number of carbonyl (C=O) groups is 2. The van der Waals surface area contributed by atoms with Crippen LogP contribution in [-0.4, -0.2) is 23.0 Å². The summed E-state index contributed by atoms with van der Waals surface area (Å²) in [6.45, 7) is 0.353. The van der Waals surface area contributed by atoms with Gasteiger partial charge in [-0.1, -0.05) is 18.2 Å². The average molecular weight is 206 g/mol. The van der Waals surface area contributed by atoms with Gasteiger partial charge < -0.3 is 15.7 Å². The number of amides is 1. The third kappa shape index (κ3) is 1.76. The molecule has 1 aromatic rings. The fraction of sp³-hybridized carbons (Fsp3) is 0.200. The minimum atomic E-state index is -1.21. The molecule has 1 aliphatic rings. The van der Waals surface area contributed by atoms with Crippen LogP contribution in [0.4, 0.5) is 5.69 Å². The Hall–Kier alpha value is -2.04. The molecule has 0 fully saturated rings. The van der Waals surface area contributed by atoms with Gasteiger partial charge >= 0.3 is 5.97 Å². The van der Waals surface area contributed by atoms with E-state index in [1.807, 2.05) is 12.1 Å². The van der Waals surface area contributed by atoms with E-state index in [-0.39, 0.29) is 0 Å². The lowest BCUT2D eigenvalue weighted by atomic mass is 10.2. The van der Waals surface area contributed by atoms with Crippen LogP contribution in [0.25, 0.3) is 0 Å². The highest BCUT2D eigenvalue weighted by molar-refractivity contribution is 6.04. The van der Waals surface area contributed by atoms with Crippen LogP contribution in [0, 0.1) is 0 Å². The van der Waals surface area contributed by atoms with Gasteiger partial charge in [0, 0.05) is 12.2 Å². The number of carboxylic acids is 1. The molecular weight excluding hydrogens is 196 g/mol. The Labute approximate surface area is 86.1 Å². The number of hydrogen-bond acceptors (Lipinski definition) is 3. The lowest BCUT2D eigenvalue weighted by molar-refractivity contribution is -0.141. The maximum Gasteiger partial charge on any atom is 0.336 e. The Morgan fingerprint density at radius 1 is 1.40 bits per heavy atom. The number of carbonyl (C=O) groups excluding carboxylic acids is 1. The molecule has 2 rings (SSSR count). The number of fused-ring (bicyclic) bond motifs is 1. The third-order valence-corrected chi connectivity index (χ3v) is 2.28. The van der Waals surface area contributed by atoms with Crippen molar-refractivity contribution >= 4 is 17.6 Å². The van der Waals surface area contributed by atoms with E-state index in [9.17, 15) is 9.59 Å². The number of para-hydroxylation sites is 1. The maximum atomic E-state index is 11.4. The van der Waals surface area contributed by atoms with Crippen LogP contribution in [-0.2, 0) is 16.1 Å². The highest BCUT2D eigenvalue weighted by Crippen LogP contribution is 2.18. The van der Waals surface area contributed by atoms with E-state index in [1.54, 1.807) is 12.1 Å². The van der Waals surface area contributed by atoms with Crippen LogP contribution in [0.2, 0.25) is 0 Å². The van der Waals surface area contributed by atoms with Crippen molar-refractivity contribution in [2.75, 3.05) is 5.32 Å².